The third kappa shape index (κ3) is 3.50. The minimum absolute atomic E-state index is 0.622. The summed E-state index contributed by atoms with van der Waals surface area (Å²) in [5, 5.41) is 0. The molecular formula is C16H19NS2. The van der Waals surface area contributed by atoms with E-state index in [0.717, 1.165) is 12.8 Å². The van der Waals surface area contributed by atoms with Crippen molar-refractivity contribution in [1.29, 1.82) is 0 Å². The molecule has 1 heterocycles. The minimum atomic E-state index is 0.622. The van der Waals surface area contributed by atoms with E-state index in [-0.39, 0.29) is 0 Å². The van der Waals surface area contributed by atoms with Gasteiger partial charge in [0.25, 0.3) is 0 Å². The monoisotopic (exact) mass is 289 g/mol. The molecule has 1 aliphatic rings. The third-order valence-corrected chi connectivity index (χ3v) is 5.45. The Bertz CT molecular complexity index is 547. The second-order valence-corrected chi connectivity index (χ2v) is 6.77. The van der Waals surface area contributed by atoms with E-state index in [0.29, 0.717) is 6.54 Å². The topological polar surface area (TPSA) is 26.0 Å². The van der Waals surface area contributed by atoms with E-state index in [1.54, 1.807) is 11.3 Å². The second-order valence-electron chi connectivity index (χ2n) is 4.26. The molecule has 0 bridgehead atoms. The molecule has 0 amide bonds. The lowest BCUT2D eigenvalue weighted by Gasteiger charge is -2.15. The maximum absolute atomic E-state index is 5.67. The highest BCUT2D eigenvalue weighted by Gasteiger charge is 2.12. The first-order chi connectivity index (χ1) is 9.28. The van der Waals surface area contributed by atoms with E-state index < -0.39 is 0 Å². The maximum atomic E-state index is 5.67. The van der Waals surface area contributed by atoms with Crippen LogP contribution in [0.4, 0.5) is 0 Å². The minimum Gasteiger partial charge on any atom is -0.326 e. The SMILES string of the molecule is C=CC1=C(/C(=C\C)Sc2ccc(CN)s2)C=CCC1. The van der Waals surface area contributed by atoms with Gasteiger partial charge in [-0.15, -0.1) is 11.3 Å². The van der Waals surface area contributed by atoms with Gasteiger partial charge in [0.05, 0.1) is 4.21 Å². The summed E-state index contributed by atoms with van der Waals surface area (Å²) in [6.45, 7) is 6.65. The lowest BCUT2D eigenvalue weighted by molar-refractivity contribution is 0.977. The van der Waals surface area contributed by atoms with Crippen LogP contribution in [0.1, 0.15) is 24.6 Å². The summed E-state index contributed by atoms with van der Waals surface area (Å²) < 4.78 is 1.29. The van der Waals surface area contributed by atoms with Crippen molar-refractivity contribution in [3.05, 3.63) is 63.9 Å². The van der Waals surface area contributed by atoms with Gasteiger partial charge >= 0.3 is 0 Å². The van der Waals surface area contributed by atoms with Crippen molar-refractivity contribution < 1.29 is 0 Å². The molecule has 0 radical (unpaired) electrons. The Hall–Kier alpha value is -1.03. The number of thiophene rings is 1. The van der Waals surface area contributed by atoms with Crippen molar-refractivity contribution in [2.75, 3.05) is 0 Å². The zero-order chi connectivity index (χ0) is 13.7. The van der Waals surface area contributed by atoms with Crippen molar-refractivity contribution in [2.24, 2.45) is 5.73 Å². The van der Waals surface area contributed by atoms with Crippen LogP contribution in [0.25, 0.3) is 0 Å². The number of allylic oxidation sites excluding steroid dienone is 6. The quantitative estimate of drug-likeness (QED) is 0.769. The van der Waals surface area contributed by atoms with Crippen molar-refractivity contribution in [3.63, 3.8) is 0 Å². The van der Waals surface area contributed by atoms with Gasteiger partial charge in [-0.25, -0.2) is 0 Å². The normalized spacial score (nSPS) is 16.0. The summed E-state index contributed by atoms with van der Waals surface area (Å²) in [4.78, 5) is 2.53. The summed E-state index contributed by atoms with van der Waals surface area (Å²) in [5.74, 6) is 0. The van der Waals surface area contributed by atoms with Gasteiger partial charge in [-0.3, -0.25) is 0 Å². The van der Waals surface area contributed by atoms with Crippen LogP contribution < -0.4 is 5.73 Å². The molecule has 2 rings (SSSR count). The van der Waals surface area contributed by atoms with Crippen LogP contribution in [-0.2, 0) is 6.54 Å². The smallest absolute Gasteiger partial charge is 0.0649 e. The molecule has 0 aromatic carbocycles. The number of thioether (sulfide) groups is 1. The van der Waals surface area contributed by atoms with Crippen LogP contribution in [0.5, 0.6) is 0 Å². The largest absolute Gasteiger partial charge is 0.326 e. The summed E-state index contributed by atoms with van der Waals surface area (Å²) in [7, 11) is 0. The van der Waals surface area contributed by atoms with Crippen LogP contribution in [0, 0.1) is 0 Å². The van der Waals surface area contributed by atoms with Gasteiger partial charge in [0.15, 0.2) is 0 Å². The van der Waals surface area contributed by atoms with Crippen LogP contribution in [0.15, 0.2) is 63.3 Å². The van der Waals surface area contributed by atoms with Crippen LogP contribution in [0.2, 0.25) is 0 Å². The fourth-order valence-corrected chi connectivity index (χ4v) is 4.19. The van der Waals surface area contributed by atoms with Crippen LogP contribution in [0.3, 0.4) is 0 Å². The molecule has 1 aromatic rings. The molecule has 0 fully saturated rings. The highest BCUT2D eigenvalue weighted by molar-refractivity contribution is 8.05. The average Bonchev–Trinajstić information content (AvgIpc) is 2.92. The van der Waals surface area contributed by atoms with E-state index in [9.17, 15) is 0 Å². The molecule has 2 N–H and O–H groups in total. The number of nitrogens with two attached hydrogens (primary N) is 1. The highest BCUT2D eigenvalue weighted by atomic mass is 32.2. The molecule has 0 unspecified atom stereocenters. The average molecular weight is 289 g/mol. The van der Waals surface area contributed by atoms with Gasteiger partial charge in [-0.05, 0) is 43.0 Å². The second kappa shape index (κ2) is 6.94. The van der Waals surface area contributed by atoms with Gasteiger partial charge in [-0.1, -0.05) is 42.6 Å². The number of rotatable bonds is 5. The number of hydrogen-bond donors (Lipinski definition) is 1. The fourth-order valence-electron chi connectivity index (χ4n) is 2.03. The van der Waals surface area contributed by atoms with E-state index in [4.69, 9.17) is 5.73 Å². The van der Waals surface area contributed by atoms with Crippen molar-refractivity contribution in [3.8, 4) is 0 Å². The van der Waals surface area contributed by atoms with Crippen molar-refractivity contribution in [1.82, 2.24) is 0 Å². The molecule has 100 valence electrons. The van der Waals surface area contributed by atoms with Gasteiger partial charge < -0.3 is 5.73 Å². The van der Waals surface area contributed by atoms with E-state index in [2.05, 4.69) is 43.9 Å². The molecular weight excluding hydrogens is 270 g/mol. The summed E-state index contributed by atoms with van der Waals surface area (Å²) in [6.07, 6.45) is 10.8. The summed E-state index contributed by atoms with van der Waals surface area (Å²) >= 11 is 3.59. The molecule has 0 atom stereocenters. The van der Waals surface area contributed by atoms with Crippen molar-refractivity contribution in [2.45, 2.75) is 30.5 Å². The summed E-state index contributed by atoms with van der Waals surface area (Å²) in [6, 6.07) is 4.27. The van der Waals surface area contributed by atoms with Gasteiger partial charge in [0, 0.05) is 16.3 Å². The van der Waals surface area contributed by atoms with Crippen molar-refractivity contribution >= 4 is 23.1 Å². The van der Waals surface area contributed by atoms with Gasteiger partial charge in [0.2, 0.25) is 0 Å². The Morgan fingerprint density at radius 1 is 1.53 bits per heavy atom. The molecule has 1 nitrogen and oxygen atoms in total. The molecule has 3 heteroatoms. The first-order valence-corrected chi connectivity index (χ1v) is 8.07. The van der Waals surface area contributed by atoms with E-state index in [1.807, 2.05) is 17.8 Å². The fraction of sp³-hybridized carbons (Fsp3) is 0.250. The Balaban J connectivity index is 2.23. The summed E-state index contributed by atoms with van der Waals surface area (Å²) in [5.41, 5.74) is 8.33. The Labute approximate surface area is 123 Å². The lowest BCUT2D eigenvalue weighted by Crippen LogP contribution is -1.94. The predicted molar refractivity (Wildman–Crippen MR) is 87.4 cm³/mol. The molecule has 0 saturated carbocycles. The molecule has 0 saturated heterocycles. The Morgan fingerprint density at radius 3 is 3.00 bits per heavy atom. The lowest BCUT2D eigenvalue weighted by atomic mass is 9.97. The zero-order valence-electron chi connectivity index (χ0n) is 11.2. The first-order valence-electron chi connectivity index (χ1n) is 6.44. The number of hydrogen-bond acceptors (Lipinski definition) is 3. The Morgan fingerprint density at radius 2 is 2.37 bits per heavy atom. The molecule has 0 spiro atoms. The first kappa shape index (κ1) is 14.4. The van der Waals surface area contributed by atoms with E-state index >= 15 is 0 Å². The van der Waals surface area contributed by atoms with Crippen LogP contribution in [-0.4, -0.2) is 0 Å². The standard InChI is InChI=1S/C16H19NS2/c1-3-12-7-5-6-8-14(12)15(4-2)19-16-10-9-13(11-17)18-16/h3-4,6,8-10H,1,5,7,11,17H2,2H3/b15-4+. The van der Waals surface area contributed by atoms with Crippen LogP contribution >= 0.6 is 23.1 Å². The molecule has 1 aromatic heterocycles. The Kier molecular flexibility index (Phi) is 5.25. The third-order valence-electron chi connectivity index (χ3n) is 3.03. The zero-order valence-corrected chi connectivity index (χ0v) is 12.8. The molecule has 1 aliphatic carbocycles. The van der Waals surface area contributed by atoms with Gasteiger partial charge in [-0.2, -0.15) is 0 Å². The predicted octanol–water partition coefficient (Wildman–Crippen LogP) is 5.04. The maximum Gasteiger partial charge on any atom is 0.0649 e. The van der Waals surface area contributed by atoms with Gasteiger partial charge in [0.1, 0.15) is 0 Å². The van der Waals surface area contributed by atoms with E-state index in [1.165, 1.54) is 25.1 Å². The molecule has 0 aliphatic heterocycles. The molecule has 19 heavy (non-hydrogen) atoms. The highest BCUT2D eigenvalue weighted by Crippen LogP contribution is 2.39.